The molecular formula is C24H31N3O4S. The van der Waals surface area contributed by atoms with Crippen molar-refractivity contribution in [2.45, 2.75) is 37.5 Å². The first-order chi connectivity index (χ1) is 15.4. The molecule has 0 aromatic heterocycles. The fourth-order valence-electron chi connectivity index (χ4n) is 4.79. The van der Waals surface area contributed by atoms with Crippen LogP contribution in [0.5, 0.6) is 0 Å². The quantitative estimate of drug-likeness (QED) is 0.748. The van der Waals surface area contributed by atoms with Crippen molar-refractivity contribution in [1.82, 2.24) is 14.5 Å². The molecule has 32 heavy (non-hydrogen) atoms. The summed E-state index contributed by atoms with van der Waals surface area (Å²) in [5.41, 5.74) is 0. The van der Waals surface area contributed by atoms with Crippen LogP contribution in [0, 0.1) is 11.8 Å². The monoisotopic (exact) mass is 457 g/mol. The van der Waals surface area contributed by atoms with Gasteiger partial charge >= 0.3 is 0 Å². The Labute approximate surface area is 189 Å². The highest BCUT2D eigenvalue weighted by atomic mass is 32.2. The zero-order chi connectivity index (χ0) is 22.7. The Morgan fingerprint density at radius 3 is 2.41 bits per heavy atom. The summed E-state index contributed by atoms with van der Waals surface area (Å²) < 4.78 is 27.8. The van der Waals surface area contributed by atoms with Gasteiger partial charge < -0.3 is 10.2 Å². The smallest absolute Gasteiger partial charge is 0.243 e. The van der Waals surface area contributed by atoms with E-state index in [1.807, 2.05) is 42.2 Å². The van der Waals surface area contributed by atoms with E-state index in [4.69, 9.17) is 0 Å². The molecule has 0 saturated carbocycles. The Kier molecular flexibility index (Phi) is 6.81. The average Bonchev–Trinajstić information content (AvgIpc) is 2.83. The van der Waals surface area contributed by atoms with Crippen molar-refractivity contribution in [3.63, 3.8) is 0 Å². The molecule has 1 N–H and O–H groups in total. The molecule has 1 atom stereocenters. The highest BCUT2D eigenvalue weighted by Gasteiger charge is 2.36. The number of nitrogens with one attached hydrogen (secondary N) is 1. The molecule has 2 aliphatic rings. The molecule has 1 unspecified atom stereocenters. The third-order valence-electron chi connectivity index (χ3n) is 6.62. The van der Waals surface area contributed by atoms with E-state index in [-0.39, 0.29) is 23.7 Å². The number of rotatable bonds is 5. The topological polar surface area (TPSA) is 86.8 Å². The molecule has 2 aliphatic heterocycles. The molecule has 172 valence electrons. The van der Waals surface area contributed by atoms with Crippen LogP contribution in [0.2, 0.25) is 0 Å². The summed E-state index contributed by atoms with van der Waals surface area (Å²) in [5.74, 6) is -0.268. The van der Waals surface area contributed by atoms with Gasteiger partial charge in [-0.3, -0.25) is 9.59 Å². The number of fused-ring (bicyclic) bond motifs is 1. The fraction of sp³-hybridized carbons (Fsp3) is 0.500. The van der Waals surface area contributed by atoms with Gasteiger partial charge in [0, 0.05) is 38.6 Å². The molecule has 7 nitrogen and oxygen atoms in total. The molecule has 2 saturated heterocycles. The second-order valence-electron chi connectivity index (χ2n) is 8.71. The van der Waals surface area contributed by atoms with Gasteiger partial charge in [0.2, 0.25) is 21.8 Å². The molecule has 0 spiro atoms. The molecular weight excluding hydrogens is 426 g/mol. The highest BCUT2D eigenvalue weighted by molar-refractivity contribution is 7.89. The summed E-state index contributed by atoms with van der Waals surface area (Å²) in [4.78, 5) is 27.4. The van der Waals surface area contributed by atoms with Crippen LogP contribution in [0.3, 0.4) is 0 Å². The van der Waals surface area contributed by atoms with Gasteiger partial charge in [0.25, 0.3) is 0 Å². The van der Waals surface area contributed by atoms with Crippen LogP contribution < -0.4 is 5.32 Å². The summed E-state index contributed by atoms with van der Waals surface area (Å²) >= 11 is 0. The van der Waals surface area contributed by atoms with Crippen molar-refractivity contribution in [3.8, 4) is 0 Å². The fourth-order valence-corrected chi connectivity index (χ4v) is 6.29. The predicted octanol–water partition coefficient (Wildman–Crippen LogP) is 2.62. The van der Waals surface area contributed by atoms with Crippen LogP contribution in [-0.4, -0.2) is 62.2 Å². The third kappa shape index (κ3) is 4.66. The summed E-state index contributed by atoms with van der Waals surface area (Å²) in [6, 6.07) is 12.9. The Morgan fingerprint density at radius 1 is 0.969 bits per heavy atom. The van der Waals surface area contributed by atoms with Crippen molar-refractivity contribution >= 4 is 32.6 Å². The van der Waals surface area contributed by atoms with Gasteiger partial charge in [-0.2, -0.15) is 4.31 Å². The van der Waals surface area contributed by atoms with Gasteiger partial charge in [-0.25, -0.2) is 8.42 Å². The van der Waals surface area contributed by atoms with E-state index in [1.54, 1.807) is 12.1 Å². The maximum atomic E-state index is 13.2. The zero-order valence-electron chi connectivity index (χ0n) is 18.5. The molecule has 2 fully saturated rings. The second-order valence-corrected chi connectivity index (χ2v) is 10.6. The van der Waals surface area contributed by atoms with Crippen molar-refractivity contribution in [2.24, 2.45) is 11.8 Å². The van der Waals surface area contributed by atoms with Crippen molar-refractivity contribution in [1.29, 1.82) is 0 Å². The lowest BCUT2D eigenvalue weighted by molar-refractivity contribution is -0.140. The number of piperidine rings is 2. The Morgan fingerprint density at radius 2 is 1.69 bits per heavy atom. The van der Waals surface area contributed by atoms with Gasteiger partial charge in [-0.05, 0) is 55.5 Å². The minimum absolute atomic E-state index is 0.0151. The number of likely N-dealkylation sites (tertiary alicyclic amines) is 1. The normalized spacial score (nSPS) is 20.9. The molecule has 4 rings (SSSR count). The lowest BCUT2D eigenvalue weighted by atomic mass is 9.92. The molecule has 2 aromatic rings. The molecule has 2 aromatic carbocycles. The molecule has 0 aliphatic carbocycles. The summed E-state index contributed by atoms with van der Waals surface area (Å²) in [7, 11) is -3.60. The van der Waals surface area contributed by atoms with Crippen molar-refractivity contribution < 1.29 is 18.0 Å². The van der Waals surface area contributed by atoms with Crippen LogP contribution >= 0.6 is 0 Å². The van der Waals surface area contributed by atoms with Gasteiger partial charge in [0.05, 0.1) is 10.8 Å². The number of hydrogen-bond acceptors (Lipinski definition) is 4. The van der Waals surface area contributed by atoms with E-state index in [2.05, 4.69) is 5.32 Å². The molecule has 8 heteroatoms. The van der Waals surface area contributed by atoms with E-state index < -0.39 is 10.0 Å². The van der Waals surface area contributed by atoms with Crippen LogP contribution in [0.25, 0.3) is 10.8 Å². The van der Waals surface area contributed by atoms with Crippen LogP contribution in [0.15, 0.2) is 47.4 Å². The van der Waals surface area contributed by atoms with Gasteiger partial charge in [0.15, 0.2) is 0 Å². The molecule has 0 radical (unpaired) electrons. The largest absolute Gasteiger partial charge is 0.356 e. The number of carbonyl (C=O) groups excluding carboxylic acids is 2. The van der Waals surface area contributed by atoms with Crippen molar-refractivity contribution in [3.05, 3.63) is 42.5 Å². The van der Waals surface area contributed by atoms with E-state index in [9.17, 15) is 18.0 Å². The maximum absolute atomic E-state index is 13.2. The standard InChI is InChI=1S/C24H31N3O4S/c1-2-25-23(28)21-8-5-13-26(17-21)24(29)19-11-14-27(15-12-19)32(30,31)22-10-9-18-6-3-4-7-20(18)16-22/h3-4,6-7,9-10,16,19,21H,2,5,8,11-15,17H2,1H3,(H,25,28). The lowest BCUT2D eigenvalue weighted by Crippen LogP contribution is -2.49. The summed E-state index contributed by atoms with van der Waals surface area (Å²) in [5, 5.41) is 4.75. The van der Waals surface area contributed by atoms with Crippen LogP contribution in [-0.2, 0) is 19.6 Å². The number of carbonyl (C=O) groups is 2. The summed E-state index contributed by atoms with van der Waals surface area (Å²) in [6.45, 7) is 4.28. The molecule has 2 heterocycles. The minimum Gasteiger partial charge on any atom is -0.356 e. The van der Waals surface area contributed by atoms with E-state index >= 15 is 0 Å². The van der Waals surface area contributed by atoms with Crippen LogP contribution in [0.1, 0.15) is 32.6 Å². The first kappa shape index (κ1) is 22.7. The highest BCUT2D eigenvalue weighted by Crippen LogP contribution is 2.28. The van der Waals surface area contributed by atoms with E-state index in [1.165, 1.54) is 4.31 Å². The number of amides is 2. The minimum atomic E-state index is -3.60. The number of benzene rings is 2. The van der Waals surface area contributed by atoms with Gasteiger partial charge in [-0.1, -0.05) is 30.3 Å². The van der Waals surface area contributed by atoms with Gasteiger partial charge in [-0.15, -0.1) is 0 Å². The predicted molar refractivity (Wildman–Crippen MR) is 123 cm³/mol. The van der Waals surface area contributed by atoms with Gasteiger partial charge in [0.1, 0.15) is 0 Å². The number of nitrogens with zero attached hydrogens (tertiary/aromatic N) is 2. The maximum Gasteiger partial charge on any atom is 0.243 e. The first-order valence-corrected chi connectivity index (χ1v) is 12.9. The Hall–Kier alpha value is -2.45. The summed E-state index contributed by atoms with van der Waals surface area (Å²) in [6.07, 6.45) is 2.64. The number of hydrogen-bond donors (Lipinski definition) is 1. The lowest BCUT2D eigenvalue weighted by Gasteiger charge is -2.37. The van der Waals surface area contributed by atoms with E-state index in [0.29, 0.717) is 50.5 Å². The third-order valence-corrected chi connectivity index (χ3v) is 8.51. The Bertz CT molecular complexity index is 1090. The zero-order valence-corrected chi connectivity index (χ0v) is 19.3. The van der Waals surface area contributed by atoms with Crippen LogP contribution in [0.4, 0.5) is 0 Å². The number of sulfonamides is 1. The molecule has 2 amide bonds. The second kappa shape index (κ2) is 9.58. The molecule has 0 bridgehead atoms. The van der Waals surface area contributed by atoms with Crippen molar-refractivity contribution in [2.75, 3.05) is 32.7 Å². The Balaban J connectivity index is 1.38. The van der Waals surface area contributed by atoms with E-state index in [0.717, 1.165) is 23.6 Å². The first-order valence-electron chi connectivity index (χ1n) is 11.5. The average molecular weight is 458 g/mol. The SMILES string of the molecule is CCNC(=O)C1CCCN(C(=O)C2CCN(S(=O)(=O)c3ccc4ccccc4c3)CC2)C1.